The van der Waals surface area contributed by atoms with Crippen LogP contribution in [0.3, 0.4) is 0 Å². The monoisotopic (exact) mass is 276 g/mol. The van der Waals surface area contributed by atoms with Crippen molar-refractivity contribution >= 4 is 5.69 Å². The van der Waals surface area contributed by atoms with Crippen LogP contribution < -0.4 is 10.6 Å². The molecule has 0 aromatic heterocycles. The lowest BCUT2D eigenvalue weighted by Gasteiger charge is -2.42. The molecule has 0 bridgehead atoms. The molecule has 3 rings (SSSR count). The Labute approximate surface area is 120 Å². The number of nitrogens with two attached hydrogens (primary N) is 1. The van der Waals surface area contributed by atoms with Crippen molar-refractivity contribution in [2.24, 2.45) is 5.73 Å². The number of hydrogen-bond donors (Lipinski definition) is 1. The molecule has 0 radical (unpaired) electrons. The van der Waals surface area contributed by atoms with Crippen LogP contribution in [0.5, 0.6) is 0 Å². The summed E-state index contributed by atoms with van der Waals surface area (Å²) in [6, 6.07) is 8.90. The molecule has 110 valence electrons. The van der Waals surface area contributed by atoms with E-state index in [-0.39, 0.29) is 5.60 Å². The molecule has 2 atom stereocenters. The summed E-state index contributed by atoms with van der Waals surface area (Å²) in [5.74, 6) is 0. The largest absolute Gasteiger partial charge is 0.378 e. The highest BCUT2D eigenvalue weighted by Crippen LogP contribution is 2.36. The first-order valence-corrected chi connectivity index (χ1v) is 7.47. The van der Waals surface area contributed by atoms with Crippen molar-refractivity contribution in [2.75, 3.05) is 31.8 Å². The summed E-state index contributed by atoms with van der Waals surface area (Å²) in [5, 5.41) is 0. The molecule has 2 saturated heterocycles. The molecule has 20 heavy (non-hydrogen) atoms. The number of anilines is 1. The minimum atomic E-state index is -0.0468. The molecule has 4 nitrogen and oxygen atoms in total. The van der Waals surface area contributed by atoms with Crippen LogP contribution in [0.2, 0.25) is 0 Å². The Balaban J connectivity index is 1.77. The molecule has 1 aromatic rings. The maximum atomic E-state index is 6.02. The van der Waals surface area contributed by atoms with E-state index in [2.05, 4.69) is 36.2 Å². The van der Waals surface area contributed by atoms with Crippen LogP contribution in [0, 0.1) is 0 Å². The quantitative estimate of drug-likeness (QED) is 0.916. The molecule has 0 amide bonds. The van der Waals surface area contributed by atoms with Crippen molar-refractivity contribution < 1.29 is 9.47 Å². The average molecular weight is 276 g/mol. The van der Waals surface area contributed by atoms with Crippen molar-refractivity contribution in [1.29, 1.82) is 0 Å². The summed E-state index contributed by atoms with van der Waals surface area (Å²) in [6.45, 7) is 2.98. The van der Waals surface area contributed by atoms with Gasteiger partial charge in [-0.2, -0.15) is 0 Å². The first-order chi connectivity index (χ1) is 9.74. The van der Waals surface area contributed by atoms with Crippen LogP contribution in [0.15, 0.2) is 24.3 Å². The summed E-state index contributed by atoms with van der Waals surface area (Å²) in [5.41, 5.74) is 8.27. The number of benzene rings is 1. The summed E-state index contributed by atoms with van der Waals surface area (Å²) in [4.78, 5) is 2.38. The maximum Gasteiger partial charge on any atom is 0.0956 e. The lowest BCUT2D eigenvalue weighted by Crippen LogP contribution is -2.48. The average Bonchev–Trinajstić information content (AvgIpc) is 2.94. The van der Waals surface area contributed by atoms with Gasteiger partial charge in [0.15, 0.2) is 0 Å². The van der Waals surface area contributed by atoms with Crippen molar-refractivity contribution in [3.63, 3.8) is 0 Å². The van der Waals surface area contributed by atoms with Gasteiger partial charge in [0.1, 0.15) is 0 Å². The molecule has 2 aliphatic rings. The van der Waals surface area contributed by atoms with Gasteiger partial charge in [0.2, 0.25) is 0 Å². The molecule has 2 fully saturated rings. The maximum absolute atomic E-state index is 6.02. The standard InChI is InChI=1S/C16H24N2O2/c1-18(15-5-3-2-4-13(15)11-17)14-6-8-20-16(10-14)7-9-19-12-16/h2-5,14H,6-12,17H2,1H3. The fourth-order valence-electron chi connectivity index (χ4n) is 3.42. The van der Waals surface area contributed by atoms with Crippen molar-refractivity contribution in [3.8, 4) is 0 Å². The molecule has 2 unspecified atom stereocenters. The van der Waals surface area contributed by atoms with E-state index in [0.717, 1.165) is 39.1 Å². The summed E-state index contributed by atoms with van der Waals surface area (Å²) in [7, 11) is 2.17. The van der Waals surface area contributed by atoms with Crippen LogP contribution in [0.4, 0.5) is 5.69 Å². The Morgan fingerprint density at radius 2 is 2.20 bits per heavy atom. The topological polar surface area (TPSA) is 47.7 Å². The van der Waals surface area contributed by atoms with Crippen LogP contribution in [0.25, 0.3) is 0 Å². The summed E-state index contributed by atoms with van der Waals surface area (Å²) < 4.78 is 11.6. The van der Waals surface area contributed by atoms with Gasteiger partial charge in [-0.3, -0.25) is 0 Å². The van der Waals surface area contributed by atoms with Gasteiger partial charge in [0.25, 0.3) is 0 Å². The van der Waals surface area contributed by atoms with Gasteiger partial charge in [0, 0.05) is 45.0 Å². The number of ether oxygens (including phenoxy) is 2. The third-order valence-corrected chi connectivity index (χ3v) is 4.67. The second kappa shape index (κ2) is 5.72. The van der Waals surface area contributed by atoms with Gasteiger partial charge < -0.3 is 20.1 Å². The van der Waals surface area contributed by atoms with Crippen molar-refractivity contribution in [2.45, 2.75) is 37.5 Å². The molecular weight excluding hydrogens is 252 g/mol. The van der Waals surface area contributed by atoms with E-state index < -0.39 is 0 Å². The lowest BCUT2D eigenvalue weighted by atomic mass is 9.88. The third kappa shape index (κ3) is 2.55. The number of hydrogen-bond acceptors (Lipinski definition) is 4. The van der Waals surface area contributed by atoms with E-state index in [1.807, 2.05) is 0 Å². The molecular formula is C16H24N2O2. The van der Waals surface area contributed by atoms with Gasteiger partial charge >= 0.3 is 0 Å². The molecule has 1 spiro atoms. The number of para-hydroxylation sites is 1. The molecule has 1 aromatic carbocycles. The molecule has 0 saturated carbocycles. The van der Waals surface area contributed by atoms with Crippen LogP contribution in [0.1, 0.15) is 24.8 Å². The smallest absolute Gasteiger partial charge is 0.0956 e. The van der Waals surface area contributed by atoms with Crippen LogP contribution >= 0.6 is 0 Å². The van der Waals surface area contributed by atoms with Gasteiger partial charge in [-0.15, -0.1) is 0 Å². The Kier molecular flexibility index (Phi) is 3.96. The zero-order valence-corrected chi connectivity index (χ0v) is 12.2. The van der Waals surface area contributed by atoms with E-state index in [1.54, 1.807) is 0 Å². The first-order valence-electron chi connectivity index (χ1n) is 7.47. The minimum Gasteiger partial charge on any atom is -0.378 e. The zero-order chi connectivity index (χ0) is 14.0. The van der Waals surface area contributed by atoms with E-state index >= 15 is 0 Å². The third-order valence-electron chi connectivity index (χ3n) is 4.67. The highest BCUT2D eigenvalue weighted by atomic mass is 16.6. The lowest BCUT2D eigenvalue weighted by molar-refractivity contribution is -0.0855. The second-order valence-electron chi connectivity index (χ2n) is 5.92. The molecule has 2 N–H and O–H groups in total. The summed E-state index contributed by atoms with van der Waals surface area (Å²) >= 11 is 0. The Morgan fingerprint density at radius 1 is 1.35 bits per heavy atom. The zero-order valence-electron chi connectivity index (χ0n) is 12.2. The fraction of sp³-hybridized carbons (Fsp3) is 0.625. The minimum absolute atomic E-state index is 0.0468. The van der Waals surface area contributed by atoms with Gasteiger partial charge in [-0.05, 0) is 24.5 Å². The summed E-state index contributed by atoms with van der Waals surface area (Å²) in [6.07, 6.45) is 3.13. The van der Waals surface area contributed by atoms with Crippen molar-refractivity contribution in [3.05, 3.63) is 29.8 Å². The SMILES string of the molecule is CN(c1ccccc1CN)C1CCOC2(CCOC2)C1. The number of rotatable bonds is 3. The van der Waals surface area contributed by atoms with Crippen molar-refractivity contribution in [1.82, 2.24) is 0 Å². The fourth-order valence-corrected chi connectivity index (χ4v) is 3.42. The number of nitrogens with zero attached hydrogens (tertiary/aromatic N) is 1. The first kappa shape index (κ1) is 13.9. The molecule has 4 heteroatoms. The normalized spacial score (nSPS) is 29.8. The van der Waals surface area contributed by atoms with E-state index in [0.29, 0.717) is 12.6 Å². The van der Waals surface area contributed by atoms with Crippen LogP contribution in [-0.2, 0) is 16.0 Å². The second-order valence-corrected chi connectivity index (χ2v) is 5.92. The van der Waals surface area contributed by atoms with Gasteiger partial charge in [-0.25, -0.2) is 0 Å². The molecule has 2 heterocycles. The Hall–Kier alpha value is -1.10. The highest BCUT2D eigenvalue weighted by molar-refractivity contribution is 5.53. The Morgan fingerprint density at radius 3 is 2.95 bits per heavy atom. The van der Waals surface area contributed by atoms with Gasteiger partial charge in [0.05, 0.1) is 12.2 Å². The predicted molar refractivity (Wildman–Crippen MR) is 79.9 cm³/mol. The van der Waals surface area contributed by atoms with E-state index in [4.69, 9.17) is 15.2 Å². The van der Waals surface area contributed by atoms with E-state index in [1.165, 1.54) is 11.3 Å². The van der Waals surface area contributed by atoms with E-state index in [9.17, 15) is 0 Å². The van der Waals surface area contributed by atoms with Crippen LogP contribution in [-0.4, -0.2) is 38.5 Å². The predicted octanol–water partition coefficient (Wildman–Crippen LogP) is 1.92. The highest BCUT2D eigenvalue weighted by Gasteiger charge is 2.42. The molecule has 2 aliphatic heterocycles. The Bertz CT molecular complexity index is 458. The molecule has 0 aliphatic carbocycles. The van der Waals surface area contributed by atoms with Gasteiger partial charge in [-0.1, -0.05) is 18.2 Å².